The van der Waals surface area contributed by atoms with E-state index >= 15 is 0 Å². The van der Waals surface area contributed by atoms with Gasteiger partial charge in [0.15, 0.2) is 11.8 Å². The Kier molecular flexibility index (Phi) is 8.66. The number of hydrogen-bond donors (Lipinski definition) is 2. The Labute approximate surface area is 158 Å². The van der Waals surface area contributed by atoms with Gasteiger partial charge in [-0.25, -0.2) is 9.38 Å². The lowest BCUT2D eigenvalue weighted by Gasteiger charge is -2.10. The first-order chi connectivity index (χ1) is 11.1. The van der Waals surface area contributed by atoms with Crippen molar-refractivity contribution in [3.63, 3.8) is 0 Å². The van der Waals surface area contributed by atoms with Gasteiger partial charge in [-0.15, -0.1) is 24.0 Å². The molecule has 8 heteroatoms. The largest absolute Gasteiger partial charge is 0.357 e. The van der Waals surface area contributed by atoms with Crippen LogP contribution in [0.15, 0.2) is 27.7 Å². The lowest BCUT2D eigenvalue weighted by molar-refractivity contribution is 0.374. The Balaban J connectivity index is 0.00000288. The number of hydrogen-bond acceptors (Lipinski definition) is 4. The van der Waals surface area contributed by atoms with Crippen molar-refractivity contribution in [2.45, 2.75) is 33.7 Å². The predicted molar refractivity (Wildman–Crippen MR) is 102 cm³/mol. The van der Waals surface area contributed by atoms with Gasteiger partial charge in [-0.05, 0) is 38.0 Å². The number of aromatic nitrogens is 2. The first-order valence-electron chi connectivity index (χ1n) is 7.65. The number of guanidine groups is 1. The number of nitrogens with zero attached hydrogens (tertiary/aromatic N) is 3. The van der Waals surface area contributed by atoms with E-state index in [4.69, 9.17) is 4.52 Å². The summed E-state index contributed by atoms with van der Waals surface area (Å²) in [5, 5.41) is 10.1. The fourth-order valence-corrected chi connectivity index (χ4v) is 2.05. The standard InChI is InChI=1S/C16H22FN5O.HI/c1-4-18-16(19-8-7-15-21-12(3)22-23-15)20-10-13-5-6-14(17)11(2)9-13;/h5-6,9H,4,7-8,10H2,1-3H3,(H2,18,19,20);1H. The molecule has 1 aromatic heterocycles. The van der Waals surface area contributed by atoms with Crippen LogP contribution in [-0.4, -0.2) is 29.2 Å². The summed E-state index contributed by atoms with van der Waals surface area (Å²) in [5.41, 5.74) is 1.59. The second-order valence-electron chi connectivity index (χ2n) is 5.19. The molecular formula is C16H23FIN5O. The van der Waals surface area contributed by atoms with Crippen LogP contribution in [0.25, 0.3) is 0 Å². The summed E-state index contributed by atoms with van der Waals surface area (Å²) < 4.78 is 18.3. The molecular weight excluding hydrogens is 424 g/mol. The molecule has 0 aliphatic rings. The van der Waals surface area contributed by atoms with Crippen LogP contribution in [0.3, 0.4) is 0 Å². The Morgan fingerprint density at radius 3 is 2.71 bits per heavy atom. The van der Waals surface area contributed by atoms with Crippen LogP contribution in [-0.2, 0) is 13.0 Å². The molecule has 132 valence electrons. The topological polar surface area (TPSA) is 75.3 Å². The minimum Gasteiger partial charge on any atom is -0.357 e. The van der Waals surface area contributed by atoms with Crippen molar-refractivity contribution in [1.82, 2.24) is 20.8 Å². The molecule has 0 radical (unpaired) electrons. The molecule has 0 unspecified atom stereocenters. The fraction of sp³-hybridized carbons (Fsp3) is 0.438. The molecule has 2 aromatic rings. The van der Waals surface area contributed by atoms with Gasteiger partial charge in [-0.2, -0.15) is 4.98 Å². The average molecular weight is 447 g/mol. The first-order valence-corrected chi connectivity index (χ1v) is 7.65. The summed E-state index contributed by atoms with van der Waals surface area (Å²) in [6.07, 6.45) is 0.626. The van der Waals surface area contributed by atoms with Crippen molar-refractivity contribution < 1.29 is 8.91 Å². The normalized spacial score (nSPS) is 11.1. The second kappa shape index (κ2) is 10.2. The van der Waals surface area contributed by atoms with E-state index in [1.165, 1.54) is 6.07 Å². The van der Waals surface area contributed by atoms with Gasteiger partial charge in [-0.3, -0.25) is 0 Å². The lowest BCUT2D eigenvalue weighted by Crippen LogP contribution is -2.38. The Hall–Kier alpha value is -1.71. The minimum absolute atomic E-state index is 0. The second-order valence-corrected chi connectivity index (χ2v) is 5.19. The van der Waals surface area contributed by atoms with E-state index in [-0.39, 0.29) is 29.8 Å². The highest BCUT2D eigenvalue weighted by Gasteiger charge is 2.04. The first kappa shape index (κ1) is 20.3. The average Bonchev–Trinajstić information content (AvgIpc) is 2.93. The van der Waals surface area contributed by atoms with Crippen LogP contribution in [0.1, 0.15) is 29.8 Å². The molecule has 0 amide bonds. The van der Waals surface area contributed by atoms with Crippen LogP contribution < -0.4 is 10.6 Å². The van der Waals surface area contributed by atoms with Crippen molar-refractivity contribution in [1.29, 1.82) is 0 Å². The van der Waals surface area contributed by atoms with E-state index in [1.54, 1.807) is 19.9 Å². The molecule has 2 N–H and O–H groups in total. The van der Waals surface area contributed by atoms with E-state index in [1.807, 2.05) is 13.0 Å². The van der Waals surface area contributed by atoms with E-state index in [9.17, 15) is 4.39 Å². The Morgan fingerprint density at radius 1 is 1.29 bits per heavy atom. The number of halogens is 2. The third-order valence-corrected chi connectivity index (χ3v) is 3.19. The zero-order valence-electron chi connectivity index (χ0n) is 14.1. The molecule has 6 nitrogen and oxygen atoms in total. The monoisotopic (exact) mass is 447 g/mol. The van der Waals surface area contributed by atoms with Crippen LogP contribution in [0.4, 0.5) is 4.39 Å². The summed E-state index contributed by atoms with van der Waals surface area (Å²) in [5.74, 6) is 1.73. The quantitative estimate of drug-likeness (QED) is 0.405. The fourth-order valence-electron chi connectivity index (χ4n) is 2.05. The molecule has 0 saturated heterocycles. The Morgan fingerprint density at radius 2 is 2.08 bits per heavy atom. The minimum atomic E-state index is -0.197. The zero-order chi connectivity index (χ0) is 16.7. The molecule has 24 heavy (non-hydrogen) atoms. The van der Waals surface area contributed by atoms with Crippen LogP contribution in [0.5, 0.6) is 0 Å². The molecule has 0 fully saturated rings. The van der Waals surface area contributed by atoms with E-state index < -0.39 is 0 Å². The molecule has 0 atom stereocenters. The van der Waals surface area contributed by atoms with Gasteiger partial charge in [0.25, 0.3) is 0 Å². The van der Waals surface area contributed by atoms with Gasteiger partial charge < -0.3 is 15.2 Å². The molecule has 0 saturated carbocycles. The zero-order valence-corrected chi connectivity index (χ0v) is 16.4. The molecule has 0 spiro atoms. The number of nitrogens with one attached hydrogen (secondary N) is 2. The highest BCUT2D eigenvalue weighted by atomic mass is 127. The Bertz CT molecular complexity index is 674. The third-order valence-electron chi connectivity index (χ3n) is 3.19. The molecule has 1 aromatic carbocycles. The number of aliphatic imine (C=N–C) groups is 1. The summed E-state index contributed by atoms with van der Waals surface area (Å²) in [7, 11) is 0. The van der Waals surface area contributed by atoms with Gasteiger partial charge in [0, 0.05) is 19.5 Å². The SMILES string of the molecule is CCNC(=NCc1ccc(F)c(C)c1)NCCc1nc(C)no1.I. The van der Waals surface area contributed by atoms with Crippen molar-refractivity contribution in [3.05, 3.63) is 46.9 Å². The number of benzene rings is 1. The highest BCUT2D eigenvalue weighted by Crippen LogP contribution is 2.10. The molecule has 0 aliphatic carbocycles. The van der Waals surface area contributed by atoms with Crippen molar-refractivity contribution in [3.8, 4) is 0 Å². The van der Waals surface area contributed by atoms with E-state index in [0.717, 1.165) is 12.1 Å². The maximum atomic E-state index is 13.3. The van der Waals surface area contributed by atoms with Crippen LogP contribution in [0, 0.1) is 19.7 Å². The van der Waals surface area contributed by atoms with Gasteiger partial charge >= 0.3 is 0 Å². The van der Waals surface area contributed by atoms with Crippen molar-refractivity contribution in [2.75, 3.05) is 13.1 Å². The highest BCUT2D eigenvalue weighted by molar-refractivity contribution is 14.0. The predicted octanol–water partition coefficient (Wildman–Crippen LogP) is 2.74. The molecule has 0 bridgehead atoms. The van der Waals surface area contributed by atoms with Gasteiger partial charge in [0.2, 0.25) is 5.89 Å². The van der Waals surface area contributed by atoms with Gasteiger partial charge in [0.1, 0.15) is 5.82 Å². The maximum Gasteiger partial charge on any atom is 0.228 e. The summed E-state index contributed by atoms with van der Waals surface area (Å²) in [6, 6.07) is 5.03. The van der Waals surface area contributed by atoms with Crippen LogP contribution in [0.2, 0.25) is 0 Å². The smallest absolute Gasteiger partial charge is 0.228 e. The number of aryl methyl sites for hydroxylation is 2. The van der Waals surface area contributed by atoms with Crippen molar-refractivity contribution >= 4 is 29.9 Å². The summed E-state index contributed by atoms with van der Waals surface area (Å²) in [4.78, 5) is 8.65. The van der Waals surface area contributed by atoms with Crippen molar-refractivity contribution in [2.24, 2.45) is 4.99 Å². The molecule has 1 heterocycles. The van der Waals surface area contributed by atoms with Gasteiger partial charge in [0.05, 0.1) is 6.54 Å². The summed E-state index contributed by atoms with van der Waals surface area (Å²) >= 11 is 0. The third kappa shape index (κ3) is 6.42. The number of rotatable bonds is 6. The summed E-state index contributed by atoms with van der Waals surface area (Å²) in [6.45, 7) is 7.41. The van der Waals surface area contributed by atoms with Crippen LogP contribution >= 0.6 is 24.0 Å². The van der Waals surface area contributed by atoms with E-state index in [2.05, 4.69) is 25.8 Å². The molecule has 2 rings (SSSR count). The maximum absolute atomic E-state index is 13.3. The van der Waals surface area contributed by atoms with Gasteiger partial charge in [-0.1, -0.05) is 17.3 Å². The molecule has 0 aliphatic heterocycles. The van der Waals surface area contributed by atoms with E-state index in [0.29, 0.717) is 42.7 Å². The lowest BCUT2D eigenvalue weighted by atomic mass is 10.1.